The van der Waals surface area contributed by atoms with Crippen molar-refractivity contribution >= 4 is 0 Å². The number of methoxy groups -OCH3 is 2. The molecule has 4 atom stereocenters. The van der Waals surface area contributed by atoms with Gasteiger partial charge in [-0.05, 0) is 75.6 Å². The van der Waals surface area contributed by atoms with E-state index in [9.17, 15) is 5.11 Å². The highest BCUT2D eigenvalue weighted by molar-refractivity contribution is 5.24. The molecule has 218 valence electrons. The highest BCUT2D eigenvalue weighted by Gasteiger charge is 2.38. The monoisotopic (exact) mass is 540 g/mol. The van der Waals surface area contributed by atoms with Gasteiger partial charge in [0.15, 0.2) is 0 Å². The molecule has 2 aromatic carbocycles. The fourth-order valence-corrected chi connectivity index (χ4v) is 5.90. The Labute approximate surface area is 236 Å². The smallest absolute Gasteiger partial charge is 0.0937 e. The Kier molecular flexibility index (Phi) is 15.1. The van der Waals surface area contributed by atoms with Gasteiger partial charge in [-0.1, -0.05) is 60.7 Å². The first-order chi connectivity index (χ1) is 19.2. The van der Waals surface area contributed by atoms with Crippen LogP contribution < -0.4 is 10.6 Å². The summed E-state index contributed by atoms with van der Waals surface area (Å²) in [4.78, 5) is 0. The molecule has 6 nitrogen and oxygen atoms in total. The van der Waals surface area contributed by atoms with Crippen LogP contribution in [0.25, 0.3) is 0 Å². The predicted octanol–water partition coefficient (Wildman–Crippen LogP) is 5.47. The van der Waals surface area contributed by atoms with Crippen LogP contribution in [0.15, 0.2) is 60.7 Å². The molecule has 2 aliphatic heterocycles. The van der Waals surface area contributed by atoms with Crippen LogP contribution in [-0.4, -0.2) is 65.3 Å². The zero-order chi connectivity index (χ0) is 27.6. The van der Waals surface area contributed by atoms with E-state index in [1.54, 1.807) is 14.2 Å². The Morgan fingerprint density at radius 2 is 1.41 bits per heavy atom. The Morgan fingerprint density at radius 1 is 0.795 bits per heavy atom. The largest absolute Gasteiger partial charge is 0.385 e. The highest BCUT2D eigenvalue weighted by atomic mass is 16.5. The van der Waals surface area contributed by atoms with Crippen LogP contribution >= 0.6 is 0 Å². The average molecular weight is 541 g/mol. The number of aliphatic hydroxyl groups is 1. The van der Waals surface area contributed by atoms with Gasteiger partial charge in [0.2, 0.25) is 0 Å². The summed E-state index contributed by atoms with van der Waals surface area (Å²) in [6.45, 7) is 6.53. The number of piperidine rings is 2. The molecular formula is C33H52N2O4. The fraction of sp³-hybridized carbons (Fsp3) is 0.636. The van der Waals surface area contributed by atoms with Crippen LogP contribution in [0.2, 0.25) is 0 Å². The zero-order valence-corrected chi connectivity index (χ0v) is 24.3. The van der Waals surface area contributed by atoms with Crippen LogP contribution in [0.3, 0.4) is 0 Å². The quantitative estimate of drug-likeness (QED) is 0.276. The van der Waals surface area contributed by atoms with E-state index in [1.807, 2.05) is 30.3 Å². The number of ether oxygens (including phenoxy) is 3. The maximum absolute atomic E-state index is 11.2. The molecular weight excluding hydrogens is 488 g/mol. The van der Waals surface area contributed by atoms with Crippen LogP contribution in [-0.2, 0) is 19.8 Å². The zero-order valence-electron chi connectivity index (χ0n) is 24.3. The normalized spacial score (nSPS) is 21.8. The molecule has 4 rings (SSSR count). The summed E-state index contributed by atoms with van der Waals surface area (Å²) in [5.41, 5.74) is 1.63. The van der Waals surface area contributed by atoms with Gasteiger partial charge in [0.05, 0.1) is 11.7 Å². The molecule has 0 spiro atoms. The molecule has 2 saturated heterocycles. The number of hydrogen-bond donors (Lipinski definition) is 3. The Bertz CT molecular complexity index is 857. The molecule has 0 saturated carbocycles. The van der Waals surface area contributed by atoms with Crippen molar-refractivity contribution in [1.82, 2.24) is 10.6 Å². The summed E-state index contributed by atoms with van der Waals surface area (Å²) in [5.74, 6) is 0.883. The lowest BCUT2D eigenvalue weighted by atomic mass is 9.75. The van der Waals surface area contributed by atoms with Crippen molar-refractivity contribution in [3.8, 4) is 0 Å². The second kappa shape index (κ2) is 18.5. The molecule has 0 bridgehead atoms. The third kappa shape index (κ3) is 10.6. The van der Waals surface area contributed by atoms with Gasteiger partial charge in [0.1, 0.15) is 0 Å². The van der Waals surface area contributed by atoms with E-state index in [0.717, 1.165) is 83.5 Å². The molecule has 6 heteroatoms. The number of benzene rings is 2. The summed E-state index contributed by atoms with van der Waals surface area (Å²) < 4.78 is 16.4. The first kappa shape index (κ1) is 31.7. The standard InChI is InChI=1S/C17H27NO2.C16H25NO2/c1-19-12-5-6-13-20-17(15-8-3-2-4-9-15)16-10-7-11-18-14-16;1-19-12-6-10-16(18,14-7-3-2-4-8-14)15-9-5-11-17-13-15/h2-4,8-9,16-18H,5-7,10-14H2,1H3;2-4,7-8,15,17-18H,5-6,9-13H2,1H3. The molecule has 0 amide bonds. The highest BCUT2D eigenvalue weighted by Crippen LogP contribution is 2.37. The maximum Gasteiger partial charge on any atom is 0.0937 e. The topological polar surface area (TPSA) is 72.0 Å². The number of hydrogen-bond acceptors (Lipinski definition) is 6. The second-order valence-electron chi connectivity index (χ2n) is 10.9. The van der Waals surface area contributed by atoms with E-state index < -0.39 is 5.60 Å². The molecule has 2 heterocycles. The molecule has 39 heavy (non-hydrogen) atoms. The van der Waals surface area contributed by atoms with Crippen molar-refractivity contribution < 1.29 is 19.3 Å². The van der Waals surface area contributed by atoms with Crippen LogP contribution in [0.4, 0.5) is 0 Å². The van der Waals surface area contributed by atoms with Crippen LogP contribution in [0, 0.1) is 11.8 Å². The summed E-state index contributed by atoms with van der Waals surface area (Å²) >= 11 is 0. The number of nitrogens with one attached hydrogen (secondary N) is 2. The lowest BCUT2D eigenvalue weighted by molar-refractivity contribution is -0.0458. The van der Waals surface area contributed by atoms with E-state index in [0.29, 0.717) is 18.4 Å². The number of unbranched alkanes of at least 4 members (excludes halogenated alkanes) is 1. The Morgan fingerprint density at radius 3 is 2.03 bits per heavy atom. The first-order valence-corrected chi connectivity index (χ1v) is 15.0. The van der Waals surface area contributed by atoms with E-state index in [-0.39, 0.29) is 6.10 Å². The molecule has 4 unspecified atom stereocenters. The molecule has 2 fully saturated rings. The van der Waals surface area contributed by atoms with Crippen molar-refractivity contribution in [3.63, 3.8) is 0 Å². The lowest BCUT2D eigenvalue weighted by Gasteiger charge is -2.39. The third-order valence-electron chi connectivity index (χ3n) is 8.08. The van der Waals surface area contributed by atoms with Gasteiger partial charge in [-0.2, -0.15) is 0 Å². The lowest BCUT2D eigenvalue weighted by Crippen LogP contribution is -2.44. The van der Waals surface area contributed by atoms with Gasteiger partial charge >= 0.3 is 0 Å². The summed E-state index contributed by atoms with van der Waals surface area (Å²) in [6.07, 6.45) is 8.75. The van der Waals surface area contributed by atoms with Crippen molar-refractivity contribution in [2.45, 2.75) is 63.1 Å². The minimum Gasteiger partial charge on any atom is -0.385 e. The second-order valence-corrected chi connectivity index (χ2v) is 10.9. The minimum atomic E-state index is -0.729. The van der Waals surface area contributed by atoms with Gasteiger partial charge in [-0.3, -0.25) is 0 Å². The minimum absolute atomic E-state index is 0.228. The maximum atomic E-state index is 11.2. The molecule has 3 N–H and O–H groups in total. The number of rotatable bonds is 14. The summed E-state index contributed by atoms with van der Waals surface area (Å²) in [5, 5.41) is 18.1. The molecule has 0 aromatic heterocycles. The molecule has 2 aliphatic rings. The van der Waals surface area contributed by atoms with Crippen molar-refractivity contribution in [1.29, 1.82) is 0 Å². The van der Waals surface area contributed by atoms with Crippen molar-refractivity contribution in [2.24, 2.45) is 11.8 Å². The Balaban J connectivity index is 0.000000216. The summed E-state index contributed by atoms with van der Waals surface area (Å²) in [7, 11) is 3.46. The summed E-state index contributed by atoms with van der Waals surface area (Å²) in [6, 6.07) is 20.8. The van der Waals surface area contributed by atoms with Gasteiger partial charge < -0.3 is 30.0 Å². The molecule has 2 aromatic rings. The average Bonchev–Trinajstić information content (AvgIpc) is 3.01. The van der Waals surface area contributed by atoms with Crippen LogP contribution in [0.1, 0.15) is 68.6 Å². The SMILES string of the molecule is COCCCC(O)(c1ccccc1)C1CCCNC1.COCCCCOC(c1ccccc1)C1CCCNC1. The van der Waals surface area contributed by atoms with Gasteiger partial charge in [0, 0.05) is 59.0 Å². The first-order valence-electron chi connectivity index (χ1n) is 15.0. The Hall–Kier alpha value is -1.80. The fourth-order valence-electron chi connectivity index (χ4n) is 5.90. The van der Waals surface area contributed by atoms with Gasteiger partial charge in [0.25, 0.3) is 0 Å². The van der Waals surface area contributed by atoms with Gasteiger partial charge in [-0.25, -0.2) is 0 Å². The molecule has 0 radical (unpaired) electrons. The van der Waals surface area contributed by atoms with E-state index in [2.05, 4.69) is 41.0 Å². The van der Waals surface area contributed by atoms with E-state index in [1.165, 1.54) is 18.4 Å². The van der Waals surface area contributed by atoms with Crippen LogP contribution in [0.5, 0.6) is 0 Å². The third-order valence-corrected chi connectivity index (χ3v) is 8.08. The van der Waals surface area contributed by atoms with Crippen molar-refractivity contribution in [2.75, 3.05) is 60.2 Å². The molecule has 0 aliphatic carbocycles. The van der Waals surface area contributed by atoms with Gasteiger partial charge in [-0.15, -0.1) is 0 Å². The van der Waals surface area contributed by atoms with Crippen molar-refractivity contribution in [3.05, 3.63) is 71.8 Å². The van der Waals surface area contributed by atoms with E-state index in [4.69, 9.17) is 14.2 Å². The predicted molar refractivity (Wildman–Crippen MR) is 159 cm³/mol. The van der Waals surface area contributed by atoms with E-state index >= 15 is 0 Å².